The molecule has 0 radical (unpaired) electrons. The zero-order valence-corrected chi connectivity index (χ0v) is 16.7. The zero-order chi connectivity index (χ0) is 19.3. The molecule has 5 nitrogen and oxygen atoms in total. The standard InChI is InChI=1S/C22H30N4O/c1-5-24-21(25-13-11-17-10-12-23-15-16(17)2)26-19-14-22(3,4)27-20-9-7-6-8-18(19)20/h6-10,12,15,19H,5,11,13-14H2,1-4H3,(H2,24,25,26). The molecular formula is C22H30N4O. The molecule has 1 aliphatic heterocycles. The lowest BCUT2D eigenvalue weighted by atomic mass is 9.90. The number of benzene rings is 1. The number of hydrogen-bond donors (Lipinski definition) is 2. The molecule has 2 heterocycles. The number of para-hydroxylation sites is 1. The van der Waals surface area contributed by atoms with Crippen LogP contribution in [0.1, 0.15) is 49.9 Å². The Morgan fingerprint density at radius 1 is 1.30 bits per heavy atom. The number of nitrogens with zero attached hydrogens (tertiary/aromatic N) is 2. The zero-order valence-electron chi connectivity index (χ0n) is 16.7. The largest absolute Gasteiger partial charge is 0.487 e. The van der Waals surface area contributed by atoms with Gasteiger partial charge in [0.2, 0.25) is 0 Å². The molecule has 1 aromatic heterocycles. The Labute approximate surface area is 162 Å². The second kappa shape index (κ2) is 8.42. The lowest BCUT2D eigenvalue weighted by Gasteiger charge is -2.38. The Balaban J connectivity index is 1.73. The van der Waals surface area contributed by atoms with Gasteiger partial charge in [-0.25, -0.2) is 0 Å². The van der Waals surface area contributed by atoms with Gasteiger partial charge in [0.05, 0.1) is 6.04 Å². The van der Waals surface area contributed by atoms with Crippen LogP contribution in [0.5, 0.6) is 5.75 Å². The van der Waals surface area contributed by atoms with E-state index in [4.69, 9.17) is 9.73 Å². The number of fused-ring (bicyclic) bond motifs is 1. The summed E-state index contributed by atoms with van der Waals surface area (Å²) < 4.78 is 6.14. The van der Waals surface area contributed by atoms with Crippen LogP contribution in [0.2, 0.25) is 0 Å². The molecule has 1 atom stereocenters. The van der Waals surface area contributed by atoms with Crippen LogP contribution in [0.15, 0.2) is 47.7 Å². The van der Waals surface area contributed by atoms with Crippen LogP contribution in [-0.4, -0.2) is 29.6 Å². The molecule has 27 heavy (non-hydrogen) atoms. The summed E-state index contributed by atoms with van der Waals surface area (Å²) in [5, 5.41) is 6.99. The van der Waals surface area contributed by atoms with Gasteiger partial charge in [-0.15, -0.1) is 0 Å². The van der Waals surface area contributed by atoms with Crippen molar-refractivity contribution >= 4 is 5.96 Å². The van der Waals surface area contributed by atoms with E-state index < -0.39 is 0 Å². The average molecular weight is 367 g/mol. The number of ether oxygens (including phenoxy) is 1. The van der Waals surface area contributed by atoms with Crippen molar-refractivity contribution < 1.29 is 4.74 Å². The molecule has 0 fully saturated rings. The lowest BCUT2D eigenvalue weighted by Crippen LogP contribution is -2.45. The Bertz CT molecular complexity index is 800. The monoisotopic (exact) mass is 366 g/mol. The fourth-order valence-corrected chi connectivity index (χ4v) is 3.49. The summed E-state index contributed by atoms with van der Waals surface area (Å²) in [5.41, 5.74) is 3.48. The predicted octanol–water partition coefficient (Wildman–Crippen LogP) is 3.79. The van der Waals surface area contributed by atoms with Crippen molar-refractivity contribution in [3.63, 3.8) is 0 Å². The highest BCUT2D eigenvalue weighted by Crippen LogP contribution is 2.39. The number of aliphatic imine (C=N–C) groups is 1. The van der Waals surface area contributed by atoms with Crippen LogP contribution in [0.3, 0.4) is 0 Å². The highest BCUT2D eigenvalue weighted by molar-refractivity contribution is 5.80. The second-order valence-electron chi connectivity index (χ2n) is 7.61. The topological polar surface area (TPSA) is 58.5 Å². The number of aromatic nitrogens is 1. The maximum Gasteiger partial charge on any atom is 0.191 e. The van der Waals surface area contributed by atoms with Gasteiger partial charge >= 0.3 is 0 Å². The molecule has 0 spiro atoms. The third-order valence-corrected chi connectivity index (χ3v) is 4.82. The van der Waals surface area contributed by atoms with Gasteiger partial charge in [0.1, 0.15) is 11.4 Å². The summed E-state index contributed by atoms with van der Waals surface area (Å²) in [4.78, 5) is 8.96. The summed E-state index contributed by atoms with van der Waals surface area (Å²) in [6.45, 7) is 10.0. The van der Waals surface area contributed by atoms with Crippen LogP contribution in [0, 0.1) is 6.92 Å². The predicted molar refractivity (Wildman–Crippen MR) is 110 cm³/mol. The van der Waals surface area contributed by atoms with E-state index in [9.17, 15) is 0 Å². The minimum atomic E-state index is -0.211. The summed E-state index contributed by atoms with van der Waals surface area (Å²) in [6.07, 6.45) is 5.54. The van der Waals surface area contributed by atoms with E-state index >= 15 is 0 Å². The molecule has 2 N–H and O–H groups in total. The summed E-state index contributed by atoms with van der Waals surface area (Å²) in [6, 6.07) is 10.5. The lowest BCUT2D eigenvalue weighted by molar-refractivity contribution is 0.0694. The highest BCUT2D eigenvalue weighted by Gasteiger charge is 2.33. The van der Waals surface area contributed by atoms with Crippen LogP contribution in [0.25, 0.3) is 0 Å². The second-order valence-corrected chi connectivity index (χ2v) is 7.61. The first-order chi connectivity index (χ1) is 13.0. The van der Waals surface area contributed by atoms with Gasteiger partial charge in [0.25, 0.3) is 0 Å². The molecule has 0 saturated heterocycles. The number of rotatable bonds is 5. The van der Waals surface area contributed by atoms with Crippen molar-refractivity contribution in [2.75, 3.05) is 13.1 Å². The molecule has 1 aromatic carbocycles. The van der Waals surface area contributed by atoms with Gasteiger partial charge in [0, 0.05) is 37.5 Å². The van der Waals surface area contributed by atoms with Crippen molar-refractivity contribution in [2.24, 2.45) is 4.99 Å². The van der Waals surface area contributed by atoms with Crippen LogP contribution in [-0.2, 0) is 6.42 Å². The Hall–Kier alpha value is -2.56. The van der Waals surface area contributed by atoms with Gasteiger partial charge in [-0.3, -0.25) is 9.98 Å². The van der Waals surface area contributed by atoms with Crippen LogP contribution >= 0.6 is 0 Å². The molecule has 3 rings (SSSR count). The number of pyridine rings is 1. The van der Waals surface area contributed by atoms with Crippen LogP contribution < -0.4 is 15.4 Å². The van der Waals surface area contributed by atoms with E-state index in [2.05, 4.69) is 61.5 Å². The minimum Gasteiger partial charge on any atom is -0.487 e. The summed E-state index contributed by atoms with van der Waals surface area (Å²) >= 11 is 0. The number of nitrogens with one attached hydrogen (secondary N) is 2. The van der Waals surface area contributed by atoms with Crippen molar-refractivity contribution in [2.45, 2.75) is 52.2 Å². The average Bonchev–Trinajstić information content (AvgIpc) is 2.62. The SMILES string of the molecule is CCNC(=NCCc1ccncc1C)NC1CC(C)(C)Oc2ccccc21. The fourth-order valence-electron chi connectivity index (χ4n) is 3.49. The first kappa shape index (κ1) is 19.2. The van der Waals surface area contributed by atoms with Gasteiger partial charge in [0.15, 0.2) is 5.96 Å². The van der Waals surface area contributed by atoms with Crippen molar-refractivity contribution in [3.05, 3.63) is 59.4 Å². The summed E-state index contributed by atoms with van der Waals surface area (Å²) in [7, 11) is 0. The quantitative estimate of drug-likeness (QED) is 0.624. The molecule has 1 unspecified atom stereocenters. The summed E-state index contributed by atoms with van der Waals surface area (Å²) in [5.74, 6) is 1.80. The normalized spacial score (nSPS) is 18.4. The third-order valence-electron chi connectivity index (χ3n) is 4.82. The minimum absolute atomic E-state index is 0.172. The molecule has 1 aliphatic rings. The smallest absolute Gasteiger partial charge is 0.191 e. The number of hydrogen-bond acceptors (Lipinski definition) is 3. The molecule has 0 bridgehead atoms. The Kier molecular flexibility index (Phi) is 5.99. The molecule has 144 valence electrons. The first-order valence-electron chi connectivity index (χ1n) is 9.71. The van der Waals surface area contributed by atoms with Crippen LogP contribution in [0.4, 0.5) is 0 Å². The van der Waals surface area contributed by atoms with E-state index in [-0.39, 0.29) is 11.6 Å². The van der Waals surface area contributed by atoms with E-state index in [0.717, 1.165) is 37.6 Å². The van der Waals surface area contributed by atoms with E-state index in [1.165, 1.54) is 16.7 Å². The first-order valence-corrected chi connectivity index (χ1v) is 9.71. The molecule has 0 amide bonds. The van der Waals surface area contributed by atoms with Gasteiger partial charge in [-0.05, 0) is 57.4 Å². The molecular weight excluding hydrogens is 336 g/mol. The van der Waals surface area contributed by atoms with Gasteiger partial charge < -0.3 is 15.4 Å². The Morgan fingerprint density at radius 2 is 2.11 bits per heavy atom. The highest BCUT2D eigenvalue weighted by atomic mass is 16.5. The van der Waals surface area contributed by atoms with Crippen molar-refractivity contribution in [3.8, 4) is 5.75 Å². The van der Waals surface area contributed by atoms with E-state index in [0.29, 0.717) is 0 Å². The maximum atomic E-state index is 6.14. The number of aryl methyl sites for hydroxylation is 1. The third kappa shape index (κ3) is 5.00. The van der Waals surface area contributed by atoms with E-state index in [1.807, 2.05) is 24.5 Å². The fraction of sp³-hybridized carbons (Fsp3) is 0.455. The molecule has 5 heteroatoms. The Morgan fingerprint density at radius 3 is 2.89 bits per heavy atom. The van der Waals surface area contributed by atoms with Crippen molar-refractivity contribution in [1.29, 1.82) is 0 Å². The van der Waals surface area contributed by atoms with Crippen molar-refractivity contribution in [1.82, 2.24) is 15.6 Å². The van der Waals surface area contributed by atoms with E-state index in [1.54, 1.807) is 0 Å². The molecule has 0 saturated carbocycles. The van der Waals surface area contributed by atoms with Gasteiger partial charge in [-0.2, -0.15) is 0 Å². The van der Waals surface area contributed by atoms with Gasteiger partial charge in [-0.1, -0.05) is 18.2 Å². The molecule has 2 aromatic rings. The maximum absolute atomic E-state index is 6.14. The number of guanidine groups is 1. The molecule has 0 aliphatic carbocycles.